The molecule has 0 aliphatic carbocycles. The molecular weight excluding hydrogens is 278 g/mol. The number of nitro benzene ring substituents is 1. The number of nitriles is 1. The van der Waals surface area contributed by atoms with Crippen LogP contribution in [0.2, 0.25) is 5.02 Å². The van der Waals surface area contributed by atoms with Crippen molar-refractivity contribution in [3.8, 4) is 6.07 Å². The summed E-state index contributed by atoms with van der Waals surface area (Å²) >= 11 is 6.68. The number of nitrogens with one attached hydrogen (secondary N) is 1. The van der Waals surface area contributed by atoms with Gasteiger partial charge in [0, 0.05) is 11.1 Å². The van der Waals surface area contributed by atoms with Crippen molar-refractivity contribution in [3.63, 3.8) is 0 Å². The van der Waals surface area contributed by atoms with Crippen molar-refractivity contribution in [3.05, 3.63) is 33.3 Å². The van der Waals surface area contributed by atoms with E-state index in [0.29, 0.717) is 4.90 Å². The van der Waals surface area contributed by atoms with Crippen molar-refractivity contribution in [2.45, 2.75) is 4.90 Å². The molecular formula is C10H8ClN3O3S. The van der Waals surface area contributed by atoms with Crippen LogP contribution in [-0.2, 0) is 4.79 Å². The van der Waals surface area contributed by atoms with Gasteiger partial charge in [-0.3, -0.25) is 14.9 Å². The Morgan fingerprint density at radius 3 is 2.94 bits per heavy atom. The zero-order valence-electron chi connectivity index (χ0n) is 9.05. The smallest absolute Gasteiger partial charge is 0.284 e. The molecule has 0 atom stereocenters. The van der Waals surface area contributed by atoms with E-state index in [9.17, 15) is 14.9 Å². The standard InChI is InChI=1S/C10H8ClN3O3S/c11-7-1-2-9(8(5-7)14(16)17)18-6-10(15)13-4-3-12/h1-2,5H,4,6H2,(H,13,15). The number of hydrogen-bond acceptors (Lipinski definition) is 5. The summed E-state index contributed by atoms with van der Waals surface area (Å²) in [7, 11) is 0. The number of hydrogen-bond donors (Lipinski definition) is 1. The number of amides is 1. The molecule has 1 N–H and O–H groups in total. The van der Waals surface area contributed by atoms with Crippen LogP contribution in [0.1, 0.15) is 0 Å². The summed E-state index contributed by atoms with van der Waals surface area (Å²) in [6.07, 6.45) is 0. The summed E-state index contributed by atoms with van der Waals surface area (Å²) in [5.41, 5.74) is -0.138. The van der Waals surface area contributed by atoms with Crippen molar-refractivity contribution in [1.82, 2.24) is 5.32 Å². The lowest BCUT2D eigenvalue weighted by molar-refractivity contribution is -0.387. The fourth-order valence-electron chi connectivity index (χ4n) is 1.09. The second kappa shape index (κ2) is 6.83. The summed E-state index contributed by atoms with van der Waals surface area (Å²) in [6, 6.07) is 6.01. The molecule has 1 aromatic carbocycles. The van der Waals surface area contributed by atoms with Crippen molar-refractivity contribution in [2.24, 2.45) is 0 Å². The van der Waals surface area contributed by atoms with Gasteiger partial charge in [-0.15, -0.1) is 11.8 Å². The Morgan fingerprint density at radius 2 is 2.33 bits per heavy atom. The minimum atomic E-state index is -0.554. The lowest BCUT2D eigenvalue weighted by atomic mass is 10.3. The fraction of sp³-hybridized carbons (Fsp3) is 0.200. The van der Waals surface area contributed by atoms with E-state index >= 15 is 0 Å². The largest absolute Gasteiger partial charge is 0.342 e. The number of thioether (sulfide) groups is 1. The minimum absolute atomic E-state index is 0.00412. The first kappa shape index (κ1) is 14.3. The molecule has 8 heteroatoms. The predicted molar refractivity (Wildman–Crippen MR) is 67.5 cm³/mol. The fourth-order valence-corrected chi connectivity index (χ4v) is 2.09. The second-order valence-electron chi connectivity index (χ2n) is 3.09. The molecule has 1 aromatic rings. The lowest BCUT2D eigenvalue weighted by Gasteiger charge is -2.03. The topological polar surface area (TPSA) is 96.0 Å². The van der Waals surface area contributed by atoms with Crippen molar-refractivity contribution >= 4 is 35.0 Å². The van der Waals surface area contributed by atoms with Crippen LogP contribution in [0, 0.1) is 21.4 Å². The first-order chi connectivity index (χ1) is 8.54. The lowest BCUT2D eigenvalue weighted by Crippen LogP contribution is -2.25. The van der Waals surface area contributed by atoms with Gasteiger partial charge in [0.2, 0.25) is 5.91 Å². The SMILES string of the molecule is N#CCNC(=O)CSc1ccc(Cl)cc1[N+](=O)[O-]. The quantitative estimate of drug-likeness (QED) is 0.386. The number of carbonyl (C=O) groups is 1. The molecule has 0 saturated heterocycles. The highest BCUT2D eigenvalue weighted by atomic mass is 35.5. The van der Waals surface area contributed by atoms with Crippen LogP contribution < -0.4 is 5.32 Å². The Labute approximate surface area is 112 Å². The predicted octanol–water partition coefficient (Wildman–Crippen LogP) is 1.98. The van der Waals surface area contributed by atoms with Crippen molar-refractivity contribution in [1.29, 1.82) is 5.26 Å². The third-order valence-electron chi connectivity index (χ3n) is 1.84. The maximum atomic E-state index is 11.2. The maximum Gasteiger partial charge on any atom is 0.284 e. The van der Waals surface area contributed by atoms with Gasteiger partial charge in [-0.05, 0) is 12.1 Å². The highest BCUT2D eigenvalue weighted by molar-refractivity contribution is 8.00. The Kier molecular flexibility index (Phi) is 5.42. The highest BCUT2D eigenvalue weighted by Crippen LogP contribution is 2.31. The molecule has 18 heavy (non-hydrogen) atoms. The van der Waals surface area contributed by atoms with Crippen LogP contribution in [0.25, 0.3) is 0 Å². The molecule has 6 nitrogen and oxygen atoms in total. The van der Waals surface area contributed by atoms with E-state index in [4.69, 9.17) is 16.9 Å². The van der Waals surface area contributed by atoms with Gasteiger partial charge in [-0.25, -0.2) is 0 Å². The van der Waals surface area contributed by atoms with Gasteiger partial charge < -0.3 is 5.32 Å². The Morgan fingerprint density at radius 1 is 1.61 bits per heavy atom. The molecule has 1 amide bonds. The van der Waals surface area contributed by atoms with Gasteiger partial charge in [-0.1, -0.05) is 11.6 Å². The monoisotopic (exact) mass is 285 g/mol. The van der Waals surface area contributed by atoms with Gasteiger partial charge in [0.1, 0.15) is 6.54 Å². The molecule has 0 heterocycles. The van der Waals surface area contributed by atoms with Gasteiger partial charge in [0.05, 0.1) is 21.6 Å². The van der Waals surface area contributed by atoms with Gasteiger partial charge >= 0.3 is 0 Å². The molecule has 94 valence electrons. The second-order valence-corrected chi connectivity index (χ2v) is 4.55. The first-order valence-electron chi connectivity index (χ1n) is 4.75. The minimum Gasteiger partial charge on any atom is -0.342 e. The molecule has 0 aliphatic rings. The van der Waals surface area contributed by atoms with E-state index in [0.717, 1.165) is 11.8 Å². The molecule has 0 saturated carbocycles. The van der Waals surface area contributed by atoms with Crippen LogP contribution in [0.5, 0.6) is 0 Å². The number of benzene rings is 1. The Hall–Kier alpha value is -1.78. The van der Waals surface area contributed by atoms with Gasteiger partial charge in [-0.2, -0.15) is 5.26 Å². The maximum absolute atomic E-state index is 11.2. The van der Waals surface area contributed by atoms with E-state index in [1.54, 1.807) is 6.07 Å². The summed E-state index contributed by atoms with van der Waals surface area (Å²) in [5.74, 6) is -0.352. The molecule has 0 aromatic heterocycles. The molecule has 1 rings (SSSR count). The summed E-state index contributed by atoms with van der Waals surface area (Å²) in [5, 5.41) is 21.7. The zero-order valence-corrected chi connectivity index (χ0v) is 10.6. The molecule has 0 aliphatic heterocycles. The van der Waals surface area contributed by atoms with Gasteiger partial charge in [0.25, 0.3) is 5.69 Å². The number of nitrogens with zero attached hydrogens (tertiary/aromatic N) is 2. The van der Waals surface area contributed by atoms with Crippen LogP contribution in [0.4, 0.5) is 5.69 Å². The van der Waals surface area contributed by atoms with Crippen LogP contribution >= 0.6 is 23.4 Å². The van der Waals surface area contributed by atoms with Gasteiger partial charge in [0.15, 0.2) is 0 Å². The highest BCUT2D eigenvalue weighted by Gasteiger charge is 2.15. The van der Waals surface area contributed by atoms with E-state index < -0.39 is 4.92 Å². The van der Waals surface area contributed by atoms with E-state index in [1.165, 1.54) is 18.2 Å². The Balaban J connectivity index is 2.70. The molecule has 0 bridgehead atoms. The van der Waals surface area contributed by atoms with E-state index in [2.05, 4.69) is 5.32 Å². The van der Waals surface area contributed by atoms with Crippen LogP contribution in [-0.4, -0.2) is 23.1 Å². The van der Waals surface area contributed by atoms with E-state index in [1.807, 2.05) is 0 Å². The van der Waals surface area contributed by atoms with E-state index in [-0.39, 0.29) is 28.9 Å². The van der Waals surface area contributed by atoms with Crippen molar-refractivity contribution < 1.29 is 9.72 Å². The zero-order chi connectivity index (χ0) is 13.5. The van der Waals surface area contributed by atoms with Crippen LogP contribution in [0.3, 0.4) is 0 Å². The average molecular weight is 286 g/mol. The molecule has 0 spiro atoms. The molecule has 0 fully saturated rings. The number of carbonyl (C=O) groups excluding carboxylic acids is 1. The average Bonchev–Trinajstić information content (AvgIpc) is 2.34. The number of rotatable bonds is 5. The third-order valence-corrected chi connectivity index (χ3v) is 3.14. The first-order valence-corrected chi connectivity index (χ1v) is 6.11. The number of halogens is 1. The molecule has 0 radical (unpaired) electrons. The summed E-state index contributed by atoms with van der Waals surface area (Å²) in [4.78, 5) is 21.8. The number of nitro groups is 1. The normalized spacial score (nSPS) is 9.56. The van der Waals surface area contributed by atoms with Crippen LogP contribution in [0.15, 0.2) is 23.1 Å². The third kappa shape index (κ3) is 4.24. The Bertz CT molecular complexity index is 516. The summed E-state index contributed by atoms with van der Waals surface area (Å²) < 4.78 is 0. The molecule has 0 unspecified atom stereocenters. The van der Waals surface area contributed by atoms with Crippen molar-refractivity contribution in [2.75, 3.05) is 12.3 Å². The summed E-state index contributed by atoms with van der Waals surface area (Å²) in [6.45, 7) is -0.0812.